The number of ether oxygens (including phenoxy) is 1. The van der Waals surface area contributed by atoms with Gasteiger partial charge >= 0.3 is 6.09 Å². The molecule has 1 aromatic carbocycles. The number of hydrogen-bond acceptors (Lipinski definition) is 4. The van der Waals surface area contributed by atoms with Crippen LogP contribution in [0.1, 0.15) is 80.3 Å². The summed E-state index contributed by atoms with van der Waals surface area (Å²) in [5, 5.41) is 5.53. The molecule has 0 heterocycles. The Bertz CT molecular complexity index is 761. The Kier molecular flexibility index (Phi) is 8.67. The number of hydrogen-bond donors (Lipinski definition) is 2. The van der Waals surface area contributed by atoms with Crippen molar-refractivity contribution in [3.05, 3.63) is 35.9 Å². The maximum absolute atomic E-state index is 13.4. The predicted octanol–water partition coefficient (Wildman–Crippen LogP) is 4.18. The highest BCUT2D eigenvalue weighted by Crippen LogP contribution is 2.31. The molecule has 1 atom stereocenters. The summed E-state index contributed by atoms with van der Waals surface area (Å²) in [6, 6.07) is 8.37. The van der Waals surface area contributed by atoms with Crippen LogP contribution < -0.4 is 10.6 Å². The quantitative estimate of drug-likeness (QED) is 0.675. The first-order valence-corrected chi connectivity index (χ1v) is 10.7. The summed E-state index contributed by atoms with van der Waals surface area (Å²) in [6.07, 6.45) is -0.0531. The molecule has 2 N–H and O–H groups in total. The highest BCUT2D eigenvalue weighted by Gasteiger charge is 2.40. The van der Waals surface area contributed by atoms with Gasteiger partial charge in [0.1, 0.15) is 18.2 Å². The first kappa shape index (κ1) is 26.5. The highest BCUT2D eigenvalue weighted by atomic mass is 16.6. The lowest BCUT2D eigenvalue weighted by Crippen LogP contribution is -2.57. The maximum atomic E-state index is 13.4. The largest absolute Gasteiger partial charge is 0.444 e. The molecule has 7 heteroatoms. The van der Waals surface area contributed by atoms with E-state index in [1.807, 2.05) is 71.9 Å². The third kappa shape index (κ3) is 8.59. The number of rotatable bonds is 7. The monoisotopic (exact) mass is 433 g/mol. The van der Waals surface area contributed by atoms with Crippen molar-refractivity contribution in [1.29, 1.82) is 0 Å². The second-order valence-electron chi connectivity index (χ2n) is 10.3. The van der Waals surface area contributed by atoms with E-state index in [2.05, 4.69) is 10.6 Å². The third-order valence-corrected chi connectivity index (χ3v) is 4.69. The number of carbonyl (C=O) groups is 3. The zero-order chi connectivity index (χ0) is 24.0. The highest BCUT2D eigenvalue weighted by molar-refractivity contribution is 5.91. The van der Waals surface area contributed by atoms with Crippen molar-refractivity contribution in [2.45, 2.75) is 91.5 Å². The molecule has 0 aliphatic heterocycles. The van der Waals surface area contributed by atoms with Gasteiger partial charge in [-0.3, -0.25) is 9.59 Å². The molecule has 0 aliphatic carbocycles. The number of nitrogens with one attached hydrogen (secondary N) is 2. The van der Waals surface area contributed by atoms with Gasteiger partial charge in [0.25, 0.3) is 0 Å². The van der Waals surface area contributed by atoms with Gasteiger partial charge in [0.05, 0.1) is 0 Å². The molecule has 0 spiro atoms. The van der Waals surface area contributed by atoms with Gasteiger partial charge in [-0.15, -0.1) is 0 Å². The summed E-state index contributed by atoms with van der Waals surface area (Å²) in [5.41, 5.74) is -1.07. The molecule has 174 valence electrons. The third-order valence-electron chi connectivity index (χ3n) is 4.69. The number of carbonyl (C=O) groups excluding carboxylic acids is 3. The van der Waals surface area contributed by atoms with E-state index in [0.29, 0.717) is 12.0 Å². The molecule has 0 saturated heterocycles. The summed E-state index contributed by atoms with van der Waals surface area (Å²) in [5.74, 6) is -0.638. The molecular weight excluding hydrogens is 394 g/mol. The summed E-state index contributed by atoms with van der Waals surface area (Å²) in [4.78, 5) is 40.4. The van der Waals surface area contributed by atoms with Crippen molar-refractivity contribution in [1.82, 2.24) is 15.5 Å². The molecule has 1 unspecified atom stereocenters. The average Bonchev–Trinajstić information content (AvgIpc) is 2.61. The van der Waals surface area contributed by atoms with Crippen LogP contribution in [0.25, 0.3) is 0 Å². The summed E-state index contributed by atoms with van der Waals surface area (Å²) in [6.45, 7) is 16.5. The SMILES string of the molecule is CCC(C)(C)N(C(=O)CNC(=O)OC(C)(C)C)C(C(=O)NC(C)(C)C)c1ccccc1. The van der Waals surface area contributed by atoms with E-state index in [0.717, 1.165) is 0 Å². The first-order valence-electron chi connectivity index (χ1n) is 10.7. The first-order chi connectivity index (χ1) is 14.1. The molecular formula is C24H39N3O4. The summed E-state index contributed by atoms with van der Waals surface area (Å²) in [7, 11) is 0. The van der Waals surface area contributed by atoms with Gasteiger partial charge in [-0.25, -0.2) is 4.79 Å². The minimum Gasteiger partial charge on any atom is -0.444 e. The lowest BCUT2D eigenvalue weighted by Gasteiger charge is -2.43. The minimum atomic E-state index is -0.844. The molecule has 0 aromatic heterocycles. The van der Waals surface area contributed by atoms with Crippen LogP contribution in [0.5, 0.6) is 0 Å². The van der Waals surface area contributed by atoms with Gasteiger partial charge in [0, 0.05) is 11.1 Å². The van der Waals surface area contributed by atoms with E-state index in [1.54, 1.807) is 25.7 Å². The molecule has 3 amide bonds. The van der Waals surface area contributed by atoms with Crippen molar-refractivity contribution in [2.75, 3.05) is 6.54 Å². The van der Waals surface area contributed by atoms with Crippen molar-refractivity contribution in [3.8, 4) is 0 Å². The van der Waals surface area contributed by atoms with E-state index in [-0.39, 0.29) is 18.4 Å². The van der Waals surface area contributed by atoms with E-state index in [1.165, 1.54) is 0 Å². The molecule has 0 aliphatic rings. The van der Waals surface area contributed by atoms with Gasteiger partial charge in [0.2, 0.25) is 11.8 Å². The molecule has 1 rings (SSSR count). The van der Waals surface area contributed by atoms with Crippen LogP contribution in [0.3, 0.4) is 0 Å². The molecule has 0 saturated carbocycles. The van der Waals surface area contributed by atoms with Crippen LogP contribution in [0.2, 0.25) is 0 Å². The molecule has 0 radical (unpaired) electrons. The Labute approximate surface area is 186 Å². The van der Waals surface area contributed by atoms with Crippen molar-refractivity contribution < 1.29 is 19.1 Å². The zero-order valence-electron chi connectivity index (χ0n) is 20.5. The lowest BCUT2D eigenvalue weighted by atomic mass is 9.92. The van der Waals surface area contributed by atoms with E-state index in [4.69, 9.17) is 4.74 Å². The fourth-order valence-corrected chi connectivity index (χ4v) is 3.04. The predicted molar refractivity (Wildman–Crippen MR) is 123 cm³/mol. The standard InChI is InChI=1S/C24H39N3O4/c1-10-24(8,9)27(18(28)16-25-21(30)31-23(5,6)7)19(17-14-12-11-13-15-17)20(29)26-22(2,3)4/h11-15,19H,10,16H2,1-9H3,(H,25,30)(H,26,29). The van der Waals surface area contributed by atoms with Gasteiger partial charge in [-0.1, -0.05) is 37.3 Å². The molecule has 31 heavy (non-hydrogen) atoms. The van der Waals surface area contributed by atoms with Crippen LogP contribution in [0, 0.1) is 0 Å². The number of alkyl carbamates (subject to hydrolysis) is 1. The molecule has 0 fully saturated rings. The van der Waals surface area contributed by atoms with E-state index < -0.39 is 28.8 Å². The number of benzene rings is 1. The summed E-state index contributed by atoms with van der Waals surface area (Å²) >= 11 is 0. The maximum Gasteiger partial charge on any atom is 0.408 e. The normalized spacial score (nSPS) is 13.2. The van der Waals surface area contributed by atoms with Crippen molar-refractivity contribution in [2.24, 2.45) is 0 Å². The Balaban J connectivity index is 3.31. The Morgan fingerprint density at radius 2 is 1.52 bits per heavy atom. The fourth-order valence-electron chi connectivity index (χ4n) is 3.04. The topological polar surface area (TPSA) is 87.7 Å². The Morgan fingerprint density at radius 3 is 1.97 bits per heavy atom. The van der Waals surface area contributed by atoms with Crippen molar-refractivity contribution in [3.63, 3.8) is 0 Å². The lowest BCUT2D eigenvalue weighted by molar-refractivity contribution is -0.147. The number of amides is 3. The van der Waals surface area contributed by atoms with Crippen LogP contribution in [-0.2, 0) is 14.3 Å². The minimum absolute atomic E-state index is 0.272. The van der Waals surface area contributed by atoms with Crippen molar-refractivity contribution >= 4 is 17.9 Å². The smallest absolute Gasteiger partial charge is 0.408 e. The number of nitrogens with zero attached hydrogens (tertiary/aromatic N) is 1. The van der Waals surface area contributed by atoms with Gasteiger partial charge in [0.15, 0.2) is 0 Å². The van der Waals surface area contributed by atoms with Crippen LogP contribution in [0.4, 0.5) is 4.79 Å². The fraction of sp³-hybridized carbons (Fsp3) is 0.625. The molecule has 1 aromatic rings. The average molecular weight is 434 g/mol. The summed E-state index contributed by atoms with van der Waals surface area (Å²) < 4.78 is 5.24. The molecule has 0 bridgehead atoms. The molecule has 7 nitrogen and oxygen atoms in total. The Morgan fingerprint density at radius 1 is 0.968 bits per heavy atom. The van der Waals surface area contributed by atoms with Gasteiger partial charge in [-0.2, -0.15) is 0 Å². The second kappa shape index (κ2) is 10.2. The Hall–Kier alpha value is -2.57. The van der Waals surface area contributed by atoms with E-state index in [9.17, 15) is 14.4 Å². The second-order valence-corrected chi connectivity index (χ2v) is 10.3. The van der Waals surface area contributed by atoms with E-state index >= 15 is 0 Å². The zero-order valence-corrected chi connectivity index (χ0v) is 20.5. The van der Waals surface area contributed by atoms with Gasteiger partial charge in [-0.05, 0) is 67.4 Å². The van der Waals surface area contributed by atoms with Crippen LogP contribution in [-0.4, -0.2) is 46.0 Å². The van der Waals surface area contributed by atoms with Gasteiger partial charge < -0.3 is 20.3 Å². The van der Waals surface area contributed by atoms with Crippen LogP contribution in [0.15, 0.2) is 30.3 Å². The van der Waals surface area contributed by atoms with Crippen LogP contribution >= 0.6 is 0 Å².